The number of hydrogen-bond donors (Lipinski definition) is 0. The lowest BCUT2D eigenvalue weighted by atomic mass is 9.91. The van der Waals surface area contributed by atoms with Crippen molar-refractivity contribution in [2.75, 3.05) is 39.4 Å². The van der Waals surface area contributed by atoms with Gasteiger partial charge in [-0.2, -0.15) is 10.1 Å². The summed E-state index contributed by atoms with van der Waals surface area (Å²) in [6.07, 6.45) is 13.1. The topological polar surface area (TPSA) is 114 Å². The van der Waals surface area contributed by atoms with Crippen molar-refractivity contribution >= 4 is 39.7 Å². The van der Waals surface area contributed by atoms with Crippen LogP contribution in [0.5, 0.6) is 5.88 Å². The van der Waals surface area contributed by atoms with Gasteiger partial charge in [-0.25, -0.2) is 18.9 Å². The largest absolute Gasteiger partial charge is 0.471 e. The van der Waals surface area contributed by atoms with Crippen LogP contribution >= 0.6 is 11.8 Å². The van der Waals surface area contributed by atoms with Crippen LogP contribution in [-0.2, 0) is 20.6 Å². The van der Waals surface area contributed by atoms with Crippen molar-refractivity contribution in [3.63, 3.8) is 0 Å². The number of piperidine rings is 1. The fraction of sp³-hybridized carbons (Fsp3) is 0.583. The number of fused-ring (bicyclic) bond motifs is 2. The third-order valence-electron chi connectivity index (χ3n) is 8.96. The Kier molecular flexibility index (Phi) is 11.2. The smallest absolute Gasteiger partial charge is 0.411 e. The Labute approximate surface area is 291 Å². The van der Waals surface area contributed by atoms with E-state index < -0.39 is 11.4 Å². The van der Waals surface area contributed by atoms with Gasteiger partial charge in [0.2, 0.25) is 5.88 Å². The van der Waals surface area contributed by atoms with E-state index in [1.807, 2.05) is 31.7 Å². The first kappa shape index (κ1) is 35.3. The van der Waals surface area contributed by atoms with Gasteiger partial charge in [-0.1, -0.05) is 11.8 Å². The summed E-state index contributed by atoms with van der Waals surface area (Å²) in [6.45, 7) is 10.4. The van der Waals surface area contributed by atoms with E-state index in [1.165, 1.54) is 11.8 Å². The average Bonchev–Trinajstić information content (AvgIpc) is 3.51. The van der Waals surface area contributed by atoms with E-state index in [4.69, 9.17) is 29.0 Å². The first-order valence-electron chi connectivity index (χ1n) is 17.3. The minimum atomic E-state index is -0.545. The van der Waals surface area contributed by atoms with Crippen molar-refractivity contribution in [2.45, 2.75) is 102 Å². The van der Waals surface area contributed by atoms with E-state index in [9.17, 15) is 4.79 Å². The minimum Gasteiger partial charge on any atom is -0.471 e. The Morgan fingerprint density at radius 2 is 1.90 bits per heavy atom. The zero-order valence-corrected chi connectivity index (χ0v) is 30.0. The maximum absolute atomic E-state index is 16.9. The number of amides is 1. The SMILES string of the molecule is CSc1nc(OC(C)(C)C)c2cnc(-c3c(CCCCOCOC(=O)N4CCCCC4)c(C)cc4c3cnn4[C@H]3CCCCO3)c(F)c2n1. The monoisotopic (exact) mass is 694 g/mol. The Morgan fingerprint density at radius 1 is 1.08 bits per heavy atom. The van der Waals surface area contributed by atoms with Crippen LogP contribution in [0.4, 0.5) is 9.18 Å². The number of likely N-dealkylation sites (tertiary alicyclic amines) is 1. The van der Waals surface area contributed by atoms with Crippen molar-refractivity contribution in [2.24, 2.45) is 0 Å². The molecule has 6 rings (SSSR count). The van der Waals surface area contributed by atoms with E-state index in [1.54, 1.807) is 17.3 Å². The zero-order chi connectivity index (χ0) is 34.5. The van der Waals surface area contributed by atoms with Gasteiger partial charge in [-0.05, 0) is 109 Å². The number of carbonyl (C=O) groups excluding carboxylic acids is 1. The number of nitrogens with zero attached hydrogens (tertiary/aromatic N) is 6. The third kappa shape index (κ3) is 8.10. The predicted octanol–water partition coefficient (Wildman–Crippen LogP) is 8.01. The summed E-state index contributed by atoms with van der Waals surface area (Å²) in [6, 6.07) is 2.12. The second kappa shape index (κ2) is 15.6. The number of aryl methyl sites for hydroxylation is 1. The number of pyridine rings is 1. The van der Waals surface area contributed by atoms with Crippen LogP contribution in [-0.4, -0.2) is 80.7 Å². The lowest BCUT2D eigenvalue weighted by Crippen LogP contribution is -2.36. The molecule has 3 aromatic heterocycles. The van der Waals surface area contributed by atoms with Crippen molar-refractivity contribution < 1.29 is 28.1 Å². The molecule has 4 aromatic rings. The van der Waals surface area contributed by atoms with Crippen LogP contribution in [0, 0.1) is 12.7 Å². The number of ether oxygens (including phenoxy) is 4. The lowest BCUT2D eigenvalue weighted by molar-refractivity contribution is -0.0366. The first-order valence-corrected chi connectivity index (χ1v) is 18.6. The van der Waals surface area contributed by atoms with Gasteiger partial charge in [0.25, 0.3) is 0 Å². The van der Waals surface area contributed by atoms with E-state index in [2.05, 4.69) is 23.0 Å². The van der Waals surface area contributed by atoms with E-state index >= 15 is 4.39 Å². The fourth-order valence-corrected chi connectivity index (χ4v) is 6.92. The molecule has 11 nitrogen and oxygen atoms in total. The van der Waals surface area contributed by atoms with Crippen molar-refractivity contribution in [3.8, 4) is 17.1 Å². The van der Waals surface area contributed by atoms with Crippen LogP contribution in [0.15, 0.2) is 23.6 Å². The molecule has 0 aliphatic carbocycles. The van der Waals surface area contributed by atoms with Crippen molar-refractivity contribution in [3.05, 3.63) is 35.4 Å². The molecule has 13 heteroatoms. The van der Waals surface area contributed by atoms with Crippen molar-refractivity contribution in [1.82, 2.24) is 29.6 Å². The minimum absolute atomic E-state index is 0.0684. The number of rotatable bonds is 11. The molecule has 0 N–H and O–H groups in total. The highest BCUT2D eigenvalue weighted by Gasteiger charge is 2.27. The molecule has 0 bridgehead atoms. The molecular weight excluding hydrogens is 647 g/mol. The third-order valence-corrected chi connectivity index (χ3v) is 9.51. The molecule has 0 unspecified atom stereocenters. The number of hydrogen-bond acceptors (Lipinski definition) is 10. The van der Waals surface area contributed by atoms with E-state index in [-0.39, 0.29) is 30.3 Å². The second-order valence-corrected chi connectivity index (χ2v) is 14.5. The molecular formula is C36H47FN6O5S. The van der Waals surface area contributed by atoms with Gasteiger partial charge < -0.3 is 23.8 Å². The van der Waals surface area contributed by atoms with Gasteiger partial charge in [0.05, 0.1) is 23.7 Å². The lowest BCUT2D eigenvalue weighted by Gasteiger charge is -2.25. The molecule has 2 aliphatic rings. The van der Waals surface area contributed by atoms with Crippen LogP contribution in [0.1, 0.15) is 89.5 Å². The van der Waals surface area contributed by atoms with Crippen LogP contribution in [0.3, 0.4) is 0 Å². The fourth-order valence-electron chi connectivity index (χ4n) is 6.57. The average molecular weight is 695 g/mol. The highest BCUT2D eigenvalue weighted by Crippen LogP contribution is 2.40. The Balaban J connectivity index is 1.30. The number of thioether (sulfide) groups is 1. The molecule has 0 radical (unpaired) electrons. The molecule has 2 saturated heterocycles. The number of benzene rings is 1. The summed E-state index contributed by atoms with van der Waals surface area (Å²) in [5, 5.41) is 6.42. The molecule has 0 saturated carbocycles. The Bertz CT molecular complexity index is 1780. The number of aromatic nitrogens is 5. The Hall–Kier alpha value is -3.55. The standard InChI is InChI=1S/C36H47FN6O5S/c1-23-19-27-25(21-39-43(27)28-14-8-12-18-46-28)29(24(23)13-7-11-17-45-22-47-35(44)42-15-9-6-10-16-42)32-30(37)31-26(20-38-32)33(48-36(2,3)4)41-34(40-31)49-5/h19-21,28H,6-18,22H2,1-5H3/t28-/m1/s1. The molecule has 49 heavy (non-hydrogen) atoms. The summed E-state index contributed by atoms with van der Waals surface area (Å²) < 4.78 is 42.0. The van der Waals surface area contributed by atoms with E-state index in [0.717, 1.165) is 86.5 Å². The molecule has 1 amide bonds. The van der Waals surface area contributed by atoms with Crippen LogP contribution < -0.4 is 4.74 Å². The van der Waals surface area contributed by atoms with Gasteiger partial charge in [0, 0.05) is 36.8 Å². The maximum atomic E-state index is 16.9. The van der Waals surface area contributed by atoms with E-state index in [0.29, 0.717) is 41.6 Å². The van der Waals surface area contributed by atoms with Crippen LogP contribution in [0.2, 0.25) is 0 Å². The highest BCUT2D eigenvalue weighted by molar-refractivity contribution is 7.98. The summed E-state index contributed by atoms with van der Waals surface area (Å²) in [5.41, 5.74) is 3.43. The molecule has 0 spiro atoms. The quantitative estimate of drug-likeness (QED) is 0.0662. The predicted molar refractivity (Wildman–Crippen MR) is 187 cm³/mol. The molecule has 5 heterocycles. The van der Waals surface area contributed by atoms with Gasteiger partial charge >= 0.3 is 6.09 Å². The van der Waals surface area contributed by atoms with Gasteiger partial charge in [0.1, 0.15) is 16.8 Å². The second-order valence-electron chi connectivity index (χ2n) is 13.7. The highest BCUT2D eigenvalue weighted by atomic mass is 32.2. The number of unbranched alkanes of at least 4 members (excludes halogenated alkanes) is 1. The normalized spacial score (nSPS) is 17.2. The Morgan fingerprint density at radius 3 is 2.63 bits per heavy atom. The van der Waals surface area contributed by atoms with Crippen LogP contribution in [0.25, 0.3) is 33.1 Å². The summed E-state index contributed by atoms with van der Waals surface area (Å²) >= 11 is 1.33. The summed E-state index contributed by atoms with van der Waals surface area (Å²) in [5.74, 6) is -0.221. The maximum Gasteiger partial charge on any atom is 0.411 e. The van der Waals surface area contributed by atoms with Crippen molar-refractivity contribution in [1.29, 1.82) is 0 Å². The molecule has 1 aromatic carbocycles. The zero-order valence-electron chi connectivity index (χ0n) is 29.2. The molecule has 2 aliphatic heterocycles. The molecule has 264 valence electrons. The van der Waals surface area contributed by atoms with Gasteiger partial charge in [-0.15, -0.1) is 0 Å². The first-order chi connectivity index (χ1) is 23.6. The van der Waals surface area contributed by atoms with Gasteiger partial charge in [-0.3, -0.25) is 4.98 Å². The van der Waals surface area contributed by atoms with Gasteiger partial charge in [0.15, 0.2) is 24.0 Å². The number of halogens is 1. The summed E-state index contributed by atoms with van der Waals surface area (Å²) in [7, 11) is 0. The molecule has 1 atom stereocenters. The number of carbonyl (C=O) groups is 1. The molecule has 2 fully saturated rings. The summed E-state index contributed by atoms with van der Waals surface area (Å²) in [4.78, 5) is 27.9.